The molecule has 1 fully saturated rings. The highest BCUT2D eigenvalue weighted by Crippen LogP contribution is 2.35. The molecule has 4 N–H and O–H groups in total. The van der Waals surface area contributed by atoms with Crippen LogP contribution in [0.25, 0.3) is 22.3 Å². The summed E-state index contributed by atoms with van der Waals surface area (Å²) < 4.78 is 57.4. The number of para-hydroxylation sites is 1. The highest BCUT2D eigenvalue weighted by atomic mass is 35.5. The van der Waals surface area contributed by atoms with Crippen molar-refractivity contribution < 1.29 is 46.5 Å². The normalized spacial score (nSPS) is 20.2. The van der Waals surface area contributed by atoms with Crippen molar-refractivity contribution in [1.29, 1.82) is 0 Å². The lowest BCUT2D eigenvalue weighted by Gasteiger charge is -2.46. The number of furan rings is 1. The van der Waals surface area contributed by atoms with E-state index >= 15 is 0 Å². The highest BCUT2D eigenvalue weighted by Gasteiger charge is 2.43. The minimum absolute atomic E-state index is 0.0118. The van der Waals surface area contributed by atoms with Crippen LogP contribution in [0.2, 0.25) is 5.02 Å². The number of hydrogen-bond acceptors (Lipinski definition) is 11. The summed E-state index contributed by atoms with van der Waals surface area (Å²) >= 11 is 6.05. The molecular weight excluding hydrogens is 781 g/mol. The molecule has 17 heteroatoms. The van der Waals surface area contributed by atoms with Gasteiger partial charge in [0, 0.05) is 59.8 Å². The number of benzene rings is 2. The summed E-state index contributed by atoms with van der Waals surface area (Å²) in [5.74, 6) is -0.796. The van der Waals surface area contributed by atoms with E-state index in [-0.39, 0.29) is 39.1 Å². The summed E-state index contributed by atoms with van der Waals surface area (Å²) in [5, 5.41) is 28.9. The van der Waals surface area contributed by atoms with Crippen LogP contribution in [-0.4, -0.2) is 106 Å². The standard InChI is InChI=1S/C41H44ClF3N6O7/c1-40(2,39-47-18-34(58-39)24-7-9-27(42)10-8-24)51-14-13-50(31(20-51)38(55)48-23-41(43,44)45)19-28(52)16-25(15-26-21-56-35-17-46-12-11-29(26)35)37(54)49-36-30-5-3-4-6-33(30)57-22-32(36)53/h3-12,17-18,21,25,28,31-32,36,52-53H,13-16,19-20,22-23H2,1-2H3,(H,48,55)(H,49,54)/t25-,28+,31+,32-,36+/m1/s1. The number of amides is 2. The third-order valence-corrected chi connectivity index (χ3v) is 11.1. The van der Waals surface area contributed by atoms with Gasteiger partial charge in [-0.15, -0.1) is 0 Å². The Labute approximate surface area is 337 Å². The lowest BCUT2D eigenvalue weighted by molar-refractivity contribution is -0.144. The molecule has 0 spiro atoms. The molecule has 3 aromatic heterocycles. The summed E-state index contributed by atoms with van der Waals surface area (Å²) in [4.78, 5) is 39.9. The largest absolute Gasteiger partial charge is 0.490 e. The molecule has 2 aliphatic rings. The number of piperazine rings is 1. The van der Waals surface area contributed by atoms with Gasteiger partial charge < -0.3 is 34.4 Å². The Morgan fingerprint density at radius 3 is 2.62 bits per heavy atom. The van der Waals surface area contributed by atoms with Crippen LogP contribution in [0.5, 0.6) is 5.75 Å². The fraction of sp³-hybridized carbons (Fsp3) is 0.415. The van der Waals surface area contributed by atoms with Gasteiger partial charge in [0.1, 0.15) is 31.0 Å². The van der Waals surface area contributed by atoms with E-state index in [0.29, 0.717) is 45.7 Å². The van der Waals surface area contributed by atoms with Crippen LogP contribution in [-0.2, 0) is 21.5 Å². The number of aromatic nitrogens is 2. The number of pyridine rings is 1. The molecule has 13 nitrogen and oxygen atoms in total. The zero-order valence-electron chi connectivity index (χ0n) is 31.8. The van der Waals surface area contributed by atoms with Gasteiger partial charge >= 0.3 is 6.18 Å². The number of carbonyl (C=O) groups is 2. The van der Waals surface area contributed by atoms with Crippen LogP contribution < -0.4 is 15.4 Å². The van der Waals surface area contributed by atoms with Crippen molar-refractivity contribution in [3.05, 3.63) is 101 Å². The number of aliphatic hydroxyl groups is 2. The van der Waals surface area contributed by atoms with Crippen LogP contribution in [0.15, 0.2) is 88.3 Å². The molecule has 0 bridgehead atoms. The van der Waals surface area contributed by atoms with Crippen LogP contribution in [0.3, 0.4) is 0 Å². The molecule has 7 rings (SSSR count). The van der Waals surface area contributed by atoms with Gasteiger partial charge in [-0.2, -0.15) is 13.2 Å². The van der Waals surface area contributed by atoms with E-state index in [4.69, 9.17) is 25.2 Å². The fourth-order valence-electron chi connectivity index (χ4n) is 7.65. The first kappa shape index (κ1) is 41.2. The molecule has 0 unspecified atom stereocenters. The molecule has 2 aliphatic heterocycles. The van der Waals surface area contributed by atoms with Crippen molar-refractivity contribution >= 4 is 34.4 Å². The number of hydrogen-bond donors (Lipinski definition) is 4. The van der Waals surface area contributed by atoms with E-state index in [9.17, 15) is 33.0 Å². The van der Waals surface area contributed by atoms with Gasteiger partial charge in [-0.05, 0) is 68.7 Å². The van der Waals surface area contributed by atoms with E-state index in [1.807, 2.05) is 24.1 Å². The van der Waals surface area contributed by atoms with E-state index in [2.05, 4.69) is 15.3 Å². The third-order valence-electron chi connectivity index (χ3n) is 10.8. The maximum absolute atomic E-state index is 14.2. The predicted octanol–water partition coefficient (Wildman–Crippen LogP) is 5.26. The Morgan fingerprint density at radius 1 is 1.07 bits per heavy atom. The number of fused-ring (bicyclic) bond motifs is 2. The van der Waals surface area contributed by atoms with Crippen molar-refractivity contribution in [3.8, 4) is 17.1 Å². The Balaban J connectivity index is 1.10. The highest BCUT2D eigenvalue weighted by molar-refractivity contribution is 6.30. The number of halogens is 4. The quantitative estimate of drug-likeness (QED) is 0.122. The van der Waals surface area contributed by atoms with Gasteiger partial charge in [0.15, 0.2) is 11.3 Å². The number of β-amino-alcohol motifs (C(OH)–C–C–N with tert-alkyl or cyclic N) is 1. The van der Waals surface area contributed by atoms with E-state index in [0.717, 1.165) is 10.9 Å². The van der Waals surface area contributed by atoms with Gasteiger partial charge in [0.25, 0.3) is 0 Å². The van der Waals surface area contributed by atoms with E-state index in [1.54, 1.807) is 78.1 Å². The Kier molecular flexibility index (Phi) is 12.1. The van der Waals surface area contributed by atoms with Crippen molar-refractivity contribution in [2.45, 2.75) is 62.7 Å². The number of alkyl halides is 3. The van der Waals surface area contributed by atoms with E-state index in [1.165, 1.54) is 6.26 Å². The molecule has 2 amide bonds. The monoisotopic (exact) mass is 824 g/mol. The van der Waals surface area contributed by atoms with Gasteiger partial charge in [0.05, 0.1) is 36.3 Å². The predicted molar refractivity (Wildman–Crippen MR) is 207 cm³/mol. The minimum Gasteiger partial charge on any atom is -0.490 e. The number of carbonyl (C=O) groups excluding carboxylic acids is 2. The average molecular weight is 825 g/mol. The zero-order valence-corrected chi connectivity index (χ0v) is 32.5. The van der Waals surface area contributed by atoms with Crippen molar-refractivity contribution in [3.63, 3.8) is 0 Å². The second kappa shape index (κ2) is 17.1. The van der Waals surface area contributed by atoms with Crippen molar-refractivity contribution in [2.24, 2.45) is 5.92 Å². The summed E-state index contributed by atoms with van der Waals surface area (Å²) in [6.45, 7) is 2.55. The second-order valence-corrected chi connectivity index (χ2v) is 15.6. The van der Waals surface area contributed by atoms with Crippen LogP contribution >= 0.6 is 11.6 Å². The van der Waals surface area contributed by atoms with Gasteiger partial charge in [-0.3, -0.25) is 24.4 Å². The maximum atomic E-state index is 14.2. The molecule has 5 aromatic rings. The van der Waals surface area contributed by atoms with Gasteiger partial charge in [-0.25, -0.2) is 4.98 Å². The summed E-state index contributed by atoms with van der Waals surface area (Å²) in [6, 6.07) is 14.0. The second-order valence-electron chi connectivity index (χ2n) is 15.2. The topological polar surface area (TPSA) is 166 Å². The minimum atomic E-state index is -4.64. The van der Waals surface area contributed by atoms with Crippen LogP contribution in [0, 0.1) is 5.92 Å². The summed E-state index contributed by atoms with van der Waals surface area (Å²) in [6.07, 6.45) is -0.547. The number of ether oxygens (including phenoxy) is 1. The van der Waals surface area contributed by atoms with Crippen molar-refractivity contribution in [2.75, 3.05) is 39.3 Å². The van der Waals surface area contributed by atoms with Gasteiger partial charge in [-0.1, -0.05) is 29.8 Å². The molecule has 5 atom stereocenters. The maximum Gasteiger partial charge on any atom is 0.405 e. The molecule has 58 heavy (non-hydrogen) atoms. The molecule has 0 aliphatic carbocycles. The Bertz CT molecular complexity index is 2210. The van der Waals surface area contributed by atoms with E-state index < -0.39 is 60.3 Å². The molecule has 0 radical (unpaired) electrons. The molecule has 308 valence electrons. The summed E-state index contributed by atoms with van der Waals surface area (Å²) in [7, 11) is 0. The van der Waals surface area contributed by atoms with Gasteiger partial charge in [0.2, 0.25) is 17.7 Å². The molecule has 0 saturated carbocycles. The average Bonchev–Trinajstić information content (AvgIpc) is 3.87. The fourth-order valence-corrected chi connectivity index (χ4v) is 7.78. The number of rotatable bonds is 13. The third kappa shape index (κ3) is 9.31. The first-order valence-corrected chi connectivity index (χ1v) is 19.3. The molecule has 1 saturated heterocycles. The first-order chi connectivity index (χ1) is 27.7. The van der Waals surface area contributed by atoms with Crippen LogP contribution in [0.1, 0.15) is 43.3 Å². The zero-order chi connectivity index (χ0) is 41.2. The molecule has 5 heterocycles. The first-order valence-electron chi connectivity index (χ1n) is 18.9. The molecular formula is C41H44ClF3N6O7. The smallest absolute Gasteiger partial charge is 0.405 e. The lowest BCUT2D eigenvalue weighted by atomic mass is 9.90. The number of nitrogens with zero attached hydrogens (tertiary/aromatic N) is 4. The number of oxazole rings is 1. The Hall–Kier alpha value is -5.00. The summed E-state index contributed by atoms with van der Waals surface area (Å²) in [5.41, 5.74) is 1.68. The van der Waals surface area contributed by atoms with Crippen molar-refractivity contribution in [1.82, 2.24) is 30.4 Å². The SMILES string of the molecule is CC(C)(c1ncc(-c2ccc(Cl)cc2)o1)N1CCN(C[C@@H](O)C[C@@H](Cc2coc3cnccc23)C(=O)N[C@H]2c3ccccc3OC[C@H]2O)[C@H](C(=O)NCC(F)(F)F)C1. The molecule has 2 aromatic carbocycles. The van der Waals surface area contributed by atoms with Crippen LogP contribution in [0.4, 0.5) is 13.2 Å². The Morgan fingerprint density at radius 2 is 1.84 bits per heavy atom. The lowest BCUT2D eigenvalue weighted by Crippen LogP contribution is -2.63. The number of aliphatic hydroxyl groups excluding tert-OH is 2. The number of nitrogens with one attached hydrogen (secondary N) is 2.